The predicted octanol–water partition coefficient (Wildman–Crippen LogP) is 15.3. The summed E-state index contributed by atoms with van der Waals surface area (Å²) >= 11 is 0. The third-order valence-corrected chi connectivity index (χ3v) is 12.7. The van der Waals surface area contributed by atoms with Crippen LogP contribution in [0, 0.1) is 17.8 Å². The standard InChI is InChI=1S/C53H48N2O/c1-37-30-38-32-39(31-37)36-53(2,35-38)42-22-26-45(27-23-42)54(44-24-20-41(21-25-44)40-12-5-3-6-13-40)46-16-11-17-47(33-46)55(43-14-7-4-8-15-43)48-28-29-50-49-18-9-10-19-51(49)56-52(50)34-48/h3-29,33-34,37-39H,30-32,35-36H2,1-2H3. The molecule has 2 aliphatic carbocycles. The zero-order valence-electron chi connectivity index (χ0n) is 32.3. The van der Waals surface area contributed by atoms with Crippen molar-refractivity contribution in [1.82, 2.24) is 0 Å². The van der Waals surface area contributed by atoms with Gasteiger partial charge in [-0.3, -0.25) is 0 Å². The van der Waals surface area contributed by atoms with Gasteiger partial charge in [-0.25, -0.2) is 0 Å². The minimum atomic E-state index is 0.228. The van der Waals surface area contributed by atoms with Gasteiger partial charge in [-0.1, -0.05) is 111 Å². The highest BCUT2D eigenvalue weighted by Gasteiger charge is 2.41. The zero-order chi connectivity index (χ0) is 37.6. The van der Waals surface area contributed by atoms with Crippen LogP contribution in [0.4, 0.5) is 34.1 Å². The lowest BCUT2D eigenvalue weighted by molar-refractivity contribution is 0.0899. The molecular formula is C53H48N2O. The Bertz CT molecular complexity index is 2590. The van der Waals surface area contributed by atoms with E-state index in [4.69, 9.17) is 4.42 Å². The number of hydrogen-bond acceptors (Lipinski definition) is 3. The lowest BCUT2D eigenvalue weighted by Crippen LogP contribution is -2.38. The molecule has 1 aromatic heterocycles. The van der Waals surface area contributed by atoms with E-state index in [-0.39, 0.29) is 5.41 Å². The third-order valence-electron chi connectivity index (χ3n) is 12.7. The first-order chi connectivity index (χ1) is 27.5. The summed E-state index contributed by atoms with van der Waals surface area (Å²) in [5.41, 5.74) is 12.5. The Labute approximate surface area is 330 Å². The molecule has 1 heterocycles. The summed E-state index contributed by atoms with van der Waals surface area (Å²) in [5.74, 6) is 2.57. The number of benzene rings is 7. The molecule has 56 heavy (non-hydrogen) atoms. The maximum Gasteiger partial charge on any atom is 0.137 e. The second kappa shape index (κ2) is 14.2. The molecule has 0 N–H and O–H groups in total. The van der Waals surface area contributed by atoms with Crippen LogP contribution in [0.25, 0.3) is 33.1 Å². The molecule has 2 saturated carbocycles. The summed E-state index contributed by atoms with van der Waals surface area (Å²) in [7, 11) is 0. The van der Waals surface area contributed by atoms with Crippen molar-refractivity contribution in [2.45, 2.75) is 51.4 Å². The largest absolute Gasteiger partial charge is 0.456 e. The monoisotopic (exact) mass is 728 g/mol. The lowest BCUT2D eigenvalue weighted by atomic mass is 9.57. The number of furan rings is 1. The highest BCUT2D eigenvalue weighted by atomic mass is 16.3. The van der Waals surface area contributed by atoms with E-state index in [2.05, 4.69) is 187 Å². The highest BCUT2D eigenvalue weighted by molar-refractivity contribution is 6.06. The van der Waals surface area contributed by atoms with E-state index in [1.165, 1.54) is 48.8 Å². The molecular weight excluding hydrogens is 681 g/mol. The summed E-state index contributed by atoms with van der Waals surface area (Å²) < 4.78 is 6.39. The number of fused-ring (bicyclic) bond motifs is 5. The molecule has 3 heteroatoms. The van der Waals surface area contributed by atoms with Crippen molar-refractivity contribution in [2.24, 2.45) is 17.8 Å². The van der Waals surface area contributed by atoms with Crippen molar-refractivity contribution in [2.75, 3.05) is 9.80 Å². The lowest BCUT2D eigenvalue weighted by Gasteiger charge is -2.47. The zero-order valence-corrected chi connectivity index (χ0v) is 32.3. The third kappa shape index (κ3) is 6.45. The van der Waals surface area contributed by atoms with Crippen LogP contribution in [0.15, 0.2) is 180 Å². The molecule has 7 aromatic carbocycles. The number of hydrogen-bond donors (Lipinski definition) is 0. The van der Waals surface area contributed by atoms with Crippen LogP contribution in [0.5, 0.6) is 0 Å². The molecule has 2 fully saturated rings. The summed E-state index contributed by atoms with van der Waals surface area (Å²) in [5, 5.41) is 2.26. The van der Waals surface area contributed by atoms with E-state index < -0.39 is 0 Å². The molecule has 3 nitrogen and oxygen atoms in total. The normalized spacial score (nSPS) is 20.6. The molecule has 2 unspecified atom stereocenters. The van der Waals surface area contributed by atoms with Crippen molar-refractivity contribution in [3.05, 3.63) is 181 Å². The van der Waals surface area contributed by atoms with E-state index in [1.807, 2.05) is 12.1 Å². The molecule has 2 atom stereocenters. The van der Waals surface area contributed by atoms with Gasteiger partial charge in [-0.15, -0.1) is 0 Å². The topological polar surface area (TPSA) is 19.6 Å². The average molecular weight is 729 g/mol. The Hall–Kier alpha value is -6.06. The van der Waals surface area contributed by atoms with E-state index >= 15 is 0 Å². The molecule has 8 aromatic rings. The van der Waals surface area contributed by atoms with Gasteiger partial charge in [0.2, 0.25) is 0 Å². The number of nitrogens with zero attached hydrogens (tertiary/aromatic N) is 2. The molecule has 2 bridgehead atoms. The van der Waals surface area contributed by atoms with Crippen LogP contribution < -0.4 is 9.80 Å². The van der Waals surface area contributed by atoms with E-state index in [1.54, 1.807) is 0 Å². The van der Waals surface area contributed by atoms with Crippen LogP contribution in [0.1, 0.15) is 51.5 Å². The average Bonchev–Trinajstić information content (AvgIpc) is 3.60. The molecule has 10 rings (SSSR count). The number of para-hydroxylation sites is 2. The fourth-order valence-corrected chi connectivity index (χ4v) is 10.4. The highest BCUT2D eigenvalue weighted by Crippen LogP contribution is 2.52. The molecule has 276 valence electrons. The second-order valence-electron chi connectivity index (χ2n) is 16.8. The molecule has 0 saturated heterocycles. The van der Waals surface area contributed by atoms with Crippen molar-refractivity contribution in [3.63, 3.8) is 0 Å². The second-order valence-corrected chi connectivity index (χ2v) is 16.8. The fraction of sp³-hybridized carbons (Fsp3) is 0.208. The molecule has 0 spiro atoms. The Balaban J connectivity index is 1.06. The van der Waals surface area contributed by atoms with Gasteiger partial charge >= 0.3 is 0 Å². The maximum atomic E-state index is 6.39. The predicted molar refractivity (Wildman–Crippen MR) is 235 cm³/mol. The SMILES string of the molecule is CC1CC2CC(C1)CC(C)(c1ccc(N(c3ccc(-c4ccccc4)cc3)c3cccc(N(c4ccccc4)c4ccc5c(c4)oc4ccccc45)c3)cc1)C2. The number of anilines is 6. The summed E-state index contributed by atoms with van der Waals surface area (Å²) in [6, 6.07) is 63.7. The minimum Gasteiger partial charge on any atom is -0.456 e. The first kappa shape index (κ1) is 34.4. The van der Waals surface area contributed by atoms with Crippen molar-refractivity contribution < 1.29 is 4.42 Å². The summed E-state index contributed by atoms with van der Waals surface area (Å²) in [4.78, 5) is 4.74. The molecule has 0 radical (unpaired) electrons. The maximum absolute atomic E-state index is 6.39. The van der Waals surface area contributed by atoms with Crippen LogP contribution in [-0.2, 0) is 5.41 Å². The van der Waals surface area contributed by atoms with Gasteiger partial charge in [0.25, 0.3) is 0 Å². The Morgan fingerprint density at radius 1 is 0.446 bits per heavy atom. The Morgan fingerprint density at radius 2 is 0.946 bits per heavy atom. The molecule has 0 aliphatic heterocycles. The van der Waals surface area contributed by atoms with E-state index in [0.29, 0.717) is 0 Å². The fourth-order valence-electron chi connectivity index (χ4n) is 10.4. The Kier molecular flexibility index (Phi) is 8.74. The van der Waals surface area contributed by atoms with Gasteiger partial charge in [0.1, 0.15) is 11.2 Å². The molecule has 0 amide bonds. The van der Waals surface area contributed by atoms with Gasteiger partial charge in [0.05, 0.1) is 0 Å². The van der Waals surface area contributed by atoms with Gasteiger partial charge in [0.15, 0.2) is 0 Å². The summed E-state index contributed by atoms with van der Waals surface area (Å²) in [6.45, 7) is 4.99. The quantitative estimate of drug-likeness (QED) is 0.155. The van der Waals surface area contributed by atoms with Crippen LogP contribution >= 0.6 is 0 Å². The van der Waals surface area contributed by atoms with Crippen molar-refractivity contribution >= 4 is 56.1 Å². The van der Waals surface area contributed by atoms with Crippen molar-refractivity contribution in [1.29, 1.82) is 0 Å². The molecule has 2 aliphatic rings. The first-order valence-electron chi connectivity index (χ1n) is 20.4. The smallest absolute Gasteiger partial charge is 0.137 e. The summed E-state index contributed by atoms with van der Waals surface area (Å²) in [6.07, 6.45) is 6.80. The first-order valence-corrected chi connectivity index (χ1v) is 20.4. The van der Waals surface area contributed by atoms with Gasteiger partial charge < -0.3 is 14.2 Å². The van der Waals surface area contributed by atoms with E-state index in [0.717, 1.165) is 73.8 Å². The van der Waals surface area contributed by atoms with Crippen LogP contribution in [0.2, 0.25) is 0 Å². The van der Waals surface area contributed by atoms with E-state index in [9.17, 15) is 0 Å². The van der Waals surface area contributed by atoms with Gasteiger partial charge in [-0.05, 0) is 145 Å². The Morgan fingerprint density at radius 3 is 1.64 bits per heavy atom. The van der Waals surface area contributed by atoms with Gasteiger partial charge in [0, 0.05) is 51.0 Å². The number of rotatable bonds is 8. The van der Waals surface area contributed by atoms with Crippen LogP contribution in [-0.4, -0.2) is 0 Å². The van der Waals surface area contributed by atoms with Crippen molar-refractivity contribution in [3.8, 4) is 11.1 Å². The minimum absolute atomic E-state index is 0.228. The van der Waals surface area contributed by atoms with Gasteiger partial charge in [-0.2, -0.15) is 0 Å². The van der Waals surface area contributed by atoms with Crippen LogP contribution in [0.3, 0.4) is 0 Å².